The number of benzene rings is 1. The van der Waals surface area contributed by atoms with Crippen LogP contribution >= 0.6 is 0 Å². The van der Waals surface area contributed by atoms with Crippen LogP contribution in [-0.4, -0.2) is 16.1 Å². The Morgan fingerprint density at radius 1 is 1.19 bits per heavy atom. The van der Waals surface area contributed by atoms with E-state index in [1.54, 1.807) is 6.20 Å². The first kappa shape index (κ1) is 13.7. The molecule has 5 nitrogen and oxygen atoms in total. The molecule has 0 unspecified atom stereocenters. The maximum absolute atomic E-state index is 12.3. The summed E-state index contributed by atoms with van der Waals surface area (Å²) in [6.45, 7) is 8.36. The van der Waals surface area contributed by atoms with Crippen LogP contribution in [-0.2, 0) is 5.41 Å². The molecule has 1 aliphatic rings. The average Bonchev–Trinajstić information content (AvgIpc) is 2.89. The van der Waals surface area contributed by atoms with Crippen LogP contribution in [0.15, 0.2) is 24.4 Å². The van der Waals surface area contributed by atoms with Crippen LogP contribution in [0.2, 0.25) is 0 Å². The predicted molar refractivity (Wildman–Crippen MR) is 82.3 cm³/mol. The number of aromatic nitrogens is 2. The lowest BCUT2D eigenvalue weighted by atomic mass is 9.88. The number of amides is 1. The van der Waals surface area contributed by atoms with Gasteiger partial charge in [-0.3, -0.25) is 9.89 Å². The average molecular weight is 284 g/mol. The monoisotopic (exact) mass is 284 g/mol. The number of rotatable bonds is 1. The van der Waals surface area contributed by atoms with Crippen molar-refractivity contribution in [2.45, 2.75) is 39.3 Å². The van der Waals surface area contributed by atoms with E-state index in [1.807, 2.05) is 25.1 Å². The predicted octanol–water partition coefficient (Wildman–Crippen LogP) is 2.87. The summed E-state index contributed by atoms with van der Waals surface area (Å²) in [4.78, 5) is 12.3. The van der Waals surface area contributed by atoms with E-state index in [1.165, 1.54) is 0 Å². The van der Waals surface area contributed by atoms with Crippen LogP contribution in [0.4, 0.5) is 5.69 Å². The Balaban J connectivity index is 2.03. The van der Waals surface area contributed by atoms with Gasteiger partial charge in [-0.1, -0.05) is 32.9 Å². The zero-order valence-electron chi connectivity index (χ0n) is 12.7. The van der Waals surface area contributed by atoms with Crippen molar-refractivity contribution in [2.75, 3.05) is 5.32 Å². The van der Waals surface area contributed by atoms with E-state index in [-0.39, 0.29) is 17.5 Å². The maximum atomic E-state index is 12.3. The van der Waals surface area contributed by atoms with Crippen molar-refractivity contribution in [3.63, 3.8) is 0 Å². The first-order valence-electron chi connectivity index (χ1n) is 7.08. The van der Waals surface area contributed by atoms with E-state index in [0.717, 1.165) is 22.5 Å². The highest BCUT2D eigenvalue weighted by Gasteiger charge is 2.30. The third-order valence-corrected chi connectivity index (χ3v) is 3.81. The number of hydrogen-bond acceptors (Lipinski definition) is 3. The highest BCUT2D eigenvalue weighted by molar-refractivity contribution is 6.02. The second-order valence-electron chi connectivity index (χ2n) is 6.50. The summed E-state index contributed by atoms with van der Waals surface area (Å²) < 4.78 is 0. The number of carbonyl (C=O) groups excluding carboxylic acids is 1. The Labute approximate surface area is 124 Å². The lowest BCUT2D eigenvalue weighted by Crippen LogP contribution is -2.39. The normalized spacial score (nSPS) is 17.9. The van der Waals surface area contributed by atoms with Crippen molar-refractivity contribution in [1.29, 1.82) is 0 Å². The Morgan fingerprint density at radius 2 is 1.95 bits per heavy atom. The van der Waals surface area contributed by atoms with Gasteiger partial charge in [-0.15, -0.1) is 0 Å². The third-order valence-electron chi connectivity index (χ3n) is 3.81. The van der Waals surface area contributed by atoms with Crippen molar-refractivity contribution >= 4 is 11.6 Å². The van der Waals surface area contributed by atoms with Crippen LogP contribution in [0.25, 0.3) is 0 Å². The van der Waals surface area contributed by atoms with Crippen molar-refractivity contribution in [3.05, 3.63) is 46.8 Å². The van der Waals surface area contributed by atoms with Crippen molar-refractivity contribution in [1.82, 2.24) is 15.5 Å². The second-order valence-corrected chi connectivity index (χ2v) is 6.50. The number of anilines is 1. The summed E-state index contributed by atoms with van der Waals surface area (Å²) in [5, 5.41) is 13.6. The number of hydrogen-bond donors (Lipinski definition) is 3. The fourth-order valence-electron chi connectivity index (χ4n) is 2.71. The summed E-state index contributed by atoms with van der Waals surface area (Å²) in [6, 6.07) is 5.73. The van der Waals surface area contributed by atoms with E-state index in [4.69, 9.17) is 0 Å². The molecule has 1 atom stereocenters. The van der Waals surface area contributed by atoms with Gasteiger partial charge in [0, 0.05) is 16.7 Å². The Morgan fingerprint density at radius 3 is 2.67 bits per heavy atom. The number of nitrogens with zero attached hydrogens (tertiary/aromatic N) is 1. The van der Waals surface area contributed by atoms with Gasteiger partial charge in [-0.25, -0.2) is 0 Å². The van der Waals surface area contributed by atoms with Crippen LogP contribution in [0, 0.1) is 6.92 Å². The summed E-state index contributed by atoms with van der Waals surface area (Å²) in [6.07, 6.45) is 1.51. The molecule has 0 spiro atoms. The van der Waals surface area contributed by atoms with Crippen molar-refractivity contribution < 1.29 is 4.79 Å². The molecule has 2 heterocycles. The standard InChI is InChI=1S/C16H20N4O/c1-9-6-5-7-10-12(9)18-14(19-15(10)21)11-8-17-20-13(11)16(2,3)4/h5-8,14,18H,1-4H3,(H,17,20)(H,19,21)/t14-/m0/s1. The summed E-state index contributed by atoms with van der Waals surface area (Å²) in [5.41, 5.74) is 4.58. The van der Waals surface area contributed by atoms with Gasteiger partial charge < -0.3 is 10.6 Å². The van der Waals surface area contributed by atoms with Gasteiger partial charge in [-0.2, -0.15) is 5.10 Å². The van der Waals surface area contributed by atoms with E-state index >= 15 is 0 Å². The molecule has 0 fully saturated rings. The van der Waals surface area contributed by atoms with Crippen LogP contribution in [0.5, 0.6) is 0 Å². The van der Waals surface area contributed by atoms with Gasteiger partial charge in [0.15, 0.2) is 0 Å². The van der Waals surface area contributed by atoms with Crippen LogP contribution in [0.1, 0.15) is 54.1 Å². The van der Waals surface area contributed by atoms with Gasteiger partial charge >= 0.3 is 0 Å². The van der Waals surface area contributed by atoms with Crippen LogP contribution < -0.4 is 10.6 Å². The number of aryl methyl sites for hydroxylation is 1. The van der Waals surface area contributed by atoms with Crippen LogP contribution in [0.3, 0.4) is 0 Å². The molecule has 5 heteroatoms. The molecule has 3 N–H and O–H groups in total. The first-order chi connectivity index (χ1) is 9.88. The Kier molecular flexibility index (Phi) is 3.01. The van der Waals surface area contributed by atoms with E-state index < -0.39 is 0 Å². The Hall–Kier alpha value is -2.30. The third kappa shape index (κ3) is 2.28. The fourth-order valence-corrected chi connectivity index (χ4v) is 2.71. The minimum Gasteiger partial charge on any atom is -0.361 e. The minimum absolute atomic E-state index is 0.0569. The number of para-hydroxylation sites is 1. The first-order valence-corrected chi connectivity index (χ1v) is 7.08. The largest absolute Gasteiger partial charge is 0.361 e. The molecule has 110 valence electrons. The fraction of sp³-hybridized carbons (Fsp3) is 0.375. The molecule has 0 saturated heterocycles. The molecule has 1 aromatic carbocycles. The quantitative estimate of drug-likeness (QED) is 0.754. The van der Waals surface area contributed by atoms with Gasteiger partial charge in [0.2, 0.25) is 0 Å². The lowest BCUT2D eigenvalue weighted by Gasteiger charge is -2.30. The van der Waals surface area contributed by atoms with E-state index in [0.29, 0.717) is 5.56 Å². The van der Waals surface area contributed by atoms with Gasteiger partial charge in [0.05, 0.1) is 17.4 Å². The molecule has 0 bridgehead atoms. The van der Waals surface area contributed by atoms with E-state index in [2.05, 4.69) is 41.6 Å². The Bertz CT molecular complexity index is 697. The molecule has 0 radical (unpaired) electrons. The second kappa shape index (κ2) is 4.62. The smallest absolute Gasteiger partial charge is 0.255 e. The molecule has 2 aromatic rings. The topological polar surface area (TPSA) is 69.8 Å². The number of aromatic amines is 1. The van der Waals surface area contributed by atoms with Crippen molar-refractivity contribution in [3.8, 4) is 0 Å². The summed E-state index contributed by atoms with van der Waals surface area (Å²) in [5.74, 6) is -0.0569. The number of nitrogens with one attached hydrogen (secondary N) is 3. The van der Waals surface area contributed by atoms with Gasteiger partial charge in [-0.05, 0) is 18.6 Å². The van der Waals surface area contributed by atoms with Crippen molar-refractivity contribution in [2.24, 2.45) is 0 Å². The highest BCUT2D eigenvalue weighted by Crippen LogP contribution is 2.33. The van der Waals surface area contributed by atoms with Gasteiger partial charge in [0.1, 0.15) is 6.17 Å². The van der Waals surface area contributed by atoms with E-state index in [9.17, 15) is 4.79 Å². The summed E-state index contributed by atoms with van der Waals surface area (Å²) >= 11 is 0. The molecule has 0 aliphatic carbocycles. The zero-order chi connectivity index (χ0) is 15.2. The number of H-pyrrole nitrogens is 1. The molecular weight excluding hydrogens is 264 g/mol. The van der Waals surface area contributed by atoms with Gasteiger partial charge in [0.25, 0.3) is 5.91 Å². The molecule has 1 aliphatic heterocycles. The molecule has 1 amide bonds. The minimum atomic E-state index is -0.265. The summed E-state index contributed by atoms with van der Waals surface area (Å²) in [7, 11) is 0. The number of fused-ring (bicyclic) bond motifs is 1. The molecule has 1 aromatic heterocycles. The maximum Gasteiger partial charge on any atom is 0.255 e. The lowest BCUT2D eigenvalue weighted by molar-refractivity contribution is 0.0935. The SMILES string of the molecule is Cc1cccc2c1N[C@H](c1cn[nH]c1C(C)(C)C)NC2=O. The zero-order valence-corrected chi connectivity index (χ0v) is 12.7. The molecule has 0 saturated carbocycles. The highest BCUT2D eigenvalue weighted by atomic mass is 16.2. The number of carbonyl (C=O) groups is 1. The molecular formula is C16H20N4O. The molecule has 21 heavy (non-hydrogen) atoms. The molecule has 3 rings (SSSR count).